The van der Waals surface area contributed by atoms with Gasteiger partial charge in [0.1, 0.15) is 0 Å². The third kappa shape index (κ3) is 3.07. The average molecular weight is 310 g/mol. The first-order valence-electron chi connectivity index (χ1n) is 5.49. The van der Waals surface area contributed by atoms with Gasteiger partial charge in [0.25, 0.3) is 5.91 Å². The maximum Gasteiger partial charge on any atom is 0.257 e. The monoisotopic (exact) mass is 309 g/mol. The standard InChI is InChI=1S/C13H9Cl2N3O2/c14-10-2-1-7(5-9(10)12(16)19)18-13(20)8-3-4-17-6-11(8)15/h1-6H,(H2,16,19)(H,18,20). The molecule has 0 aliphatic heterocycles. The highest BCUT2D eigenvalue weighted by Crippen LogP contribution is 2.21. The van der Waals surface area contributed by atoms with E-state index in [0.29, 0.717) is 5.69 Å². The Morgan fingerprint density at radius 1 is 1.10 bits per heavy atom. The Kier molecular flexibility index (Phi) is 4.22. The molecular formula is C13H9Cl2N3O2. The first kappa shape index (κ1) is 14.3. The lowest BCUT2D eigenvalue weighted by Gasteiger charge is -2.08. The molecule has 1 heterocycles. The Bertz CT molecular complexity index is 689. The molecule has 2 aromatic rings. The second-order valence-corrected chi connectivity index (χ2v) is 4.68. The van der Waals surface area contributed by atoms with Crippen LogP contribution < -0.4 is 11.1 Å². The highest BCUT2D eigenvalue weighted by Gasteiger charge is 2.12. The molecule has 102 valence electrons. The molecule has 2 amide bonds. The SMILES string of the molecule is NC(=O)c1cc(NC(=O)c2ccncc2Cl)ccc1Cl. The summed E-state index contributed by atoms with van der Waals surface area (Å²) in [4.78, 5) is 27.0. The summed E-state index contributed by atoms with van der Waals surface area (Å²) < 4.78 is 0. The van der Waals surface area contributed by atoms with Crippen LogP contribution in [0.5, 0.6) is 0 Å². The van der Waals surface area contributed by atoms with Gasteiger partial charge in [-0.2, -0.15) is 0 Å². The third-order valence-corrected chi connectivity index (χ3v) is 3.14. The molecule has 7 heteroatoms. The van der Waals surface area contributed by atoms with Crippen LogP contribution in [-0.2, 0) is 0 Å². The Morgan fingerprint density at radius 3 is 2.50 bits per heavy atom. The lowest BCUT2D eigenvalue weighted by Crippen LogP contribution is -2.15. The number of halogens is 2. The second-order valence-electron chi connectivity index (χ2n) is 3.87. The number of carbonyl (C=O) groups is 2. The van der Waals surface area contributed by atoms with Crippen LogP contribution in [0, 0.1) is 0 Å². The van der Waals surface area contributed by atoms with E-state index < -0.39 is 11.8 Å². The quantitative estimate of drug-likeness (QED) is 0.914. The van der Waals surface area contributed by atoms with E-state index in [-0.39, 0.29) is 21.2 Å². The highest BCUT2D eigenvalue weighted by molar-refractivity contribution is 6.35. The summed E-state index contributed by atoms with van der Waals surface area (Å²) in [6, 6.07) is 5.92. The summed E-state index contributed by atoms with van der Waals surface area (Å²) in [6.07, 6.45) is 2.82. The number of amides is 2. The molecule has 0 radical (unpaired) electrons. The molecule has 0 aliphatic rings. The molecule has 0 bridgehead atoms. The van der Waals surface area contributed by atoms with Crippen molar-refractivity contribution >= 4 is 40.7 Å². The third-order valence-electron chi connectivity index (χ3n) is 2.51. The number of nitrogens with zero attached hydrogens (tertiary/aromatic N) is 1. The van der Waals surface area contributed by atoms with Crippen molar-refractivity contribution in [2.75, 3.05) is 5.32 Å². The molecule has 1 aromatic heterocycles. The number of rotatable bonds is 3. The average Bonchev–Trinajstić information content (AvgIpc) is 2.41. The van der Waals surface area contributed by atoms with Crippen molar-refractivity contribution < 1.29 is 9.59 Å². The second kappa shape index (κ2) is 5.90. The largest absolute Gasteiger partial charge is 0.366 e. The molecule has 0 fully saturated rings. The maximum absolute atomic E-state index is 12.0. The molecule has 2 rings (SSSR count). The van der Waals surface area contributed by atoms with Crippen molar-refractivity contribution in [2.24, 2.45) is 5.73 Å². The zero-order chi connectivity index (χ0) is 14.7. The summed E-state index contributed by atoms with van der Waals surface area (Å²) in [6.45, 7) is 0. The Balaban J connectivity index is 2.27. The van der Waals surface area contributed by atoms with Gasteiger partial charge in [0.15, 0.2) is 0 Å². The zero-order valence-corrected chi connectivity index (χ0v) is 11.6. The summed E-state index contributed by atoms with van der Waals surface area (Å²) in [5.74, 6) is -1.09. The van der Waals surface area contributed by atoms with E-state index in [4.69, 9.17) is 28.9 Å². The van der Waals surface area contributed by atoms with Gasteiger partial charge in [0.2, 0.25) is 5.91 Å². The van der Waals surface area contributed by atoms with E-state index in [2.05, 4.69) is 10.3 Å². The maximum atomic E-state index is 12.0. The van der Waals surface area contributed by atoms with Crippen LogP contribution >= 0.6 is 23.2 Å². The molecule has 0 atom stereocenters. The van der Waals surface area contributed by atoms with Gasteiger partial charge in [-0.3, -0.25) is 14.6 Å². The number of anilines is 1. The van der Waals surface area contributed by atoms with Gasteiger partial charge < -0.3 is 11.1 Å². The Morgan fingerprint density at radius 2 is 1.85 bits per heavy atom. The topological polar surface area (TPSA) is 85.1 Å². The van der Waals surface area contributed by atoms with Crippen molar-refractivity contribution in [1.29, 1.82) is 0 Å². The molecule has 0 aliphatic carbocycles. The van der Waals surface area contributed by atoms with Crippen LogP contribution in [0.2, 0.25) is 10.0 Å². The van der Waals surface area contributed by atoms with Crippen LogP contribution in [-0.4, -0.2) is 16.8 Å². The molecule has 5 nitrogen and oxygen atoms in total. The Hall–Kier alpha value is -2.11. The van der Waals surface area contributed by atoms with E-state index in [1.54, 1.807) is 6.07 Å². The molecule has 0 saturated carbocycles. The molecule has 0 unspecified atom stereocenters. The zero-order valence-electron chi connectivity index (χ0n) is 10.1. The molecule has 1 aromatic carbocycles. The first-order chi connectivity index (χ1) is 9.49. The number of hydrogen-bond acceptors (Lipinski definition) is 3. The van der Waals surface area contributed by atoms with Crippen LogP contribution in [0.1, 0.15) is 20.7 Å². The fourth-order valence-corrected chi connectivity index (χ4v) is 1.97. The van der Waals surface area contributed by atoms with Gasteiger partial charge in [0, 0.05) is 18.1 Å². The molecule has 0 saturated heterocycles. The number of carbonyl (C=O) groups excluding carboxylic acids is 2. The van der Waals surface area contributed by atoms with E-state index in [1.165, 1.54) is 30.6 Å². The van der Waals surface area contributed by atoms with E-state index in [0.717, 1.165) is 0 Å². The van der Waals surface area contributed by atoms with Crippen molar-refractivity contribution in [1.82, 2.24) is 4.98 Å². The van der Waals surface area contributed by atoms with Crippen molar-refractivity contribution in [2.45, 2.75) is 0 Å². The summed E-state index contributed by atoms with van der Waals surface area (Å²) >= 11 is 11.7. The number of aromatic nitrogens is 1. The fraction of sp³-hybridized carbons (Fsp3) is 0. The normalized spacial score (nSPS) is 10.1. The number of benzene rings is 1. The minimum absolute atomic E-state index is 0.130. The lowest BCUT2D eigenvalue weighted by atomic mass is 10.1. The van der Waals surface area contributed by atoms with E-state index in [9.17, 15) is 9.59 Å². The Labute approximate surface area is 124 Å². The number of nitrogens with two attached hydrogens (primary N) is 1. The summed E-state index contributed by atoms with van der Waals surface area (Å²) in [5.41, 5.74) is 5.98. The van der Waals surface area contributed by atoms with Gasteiger partial charge >= 0.3 is 0 Å². The minimum Gasteiger partial charge on any atom is -0.366 e. The smallest absolute Gasteiger partial charge is 0.257 e. The van der Waals surface area contributed by atoms with E-state index in [1.807, 2.05) is 0 Å². The van der Waals surface area contributed by atoms with Gasteiger partial charge in [-0.25, -0.2) is 0 Å². The number of primary amides is 1. The predicted octanol–water partition coefficient (Wildman–Crippen LogP) is 2.74. The van der Waals surface area contributed by atoms with Crippen LogP contribution in [0.3, 0.4) is 0 Å². The minimum atomic E-state index is -0.673. The predicted molar refractivity (Wildman–Crippen MR) is 77.2 cm³/mol. The van der Waals surface area contributed by atoms with Crippen molar-refractivity contribution in [3.63, 3.8) is 0 Å². The van der Waals surface area contributed by atoms with Crippen molar-refractivity contribution in [3.8, 4) is 0 Å². The summed E-state index contributed by atoms with van der Waals surface area (Å²) in [7, 11) is 0. The van der Waals surface area contributed by atoms with Crippen LogP contribution in [0.15, 0.2) is 36.7 Å². The molecule has 0 spiro atoms. The van der Waals surface area contributed by atoms with Gasteiger partial charge in [-0.05, 0) is 24.3 Å². The van der Waals surface area contributed by atoms with Crippen LogP contribution in [0.4, 0.5) is 5.69 Å². The molecular weight excluding hydrogens is 301 g/mol. The van der Waals surface area contributed by atoms with Crippen LogP contribution in [0.25, 0.3) is 0 Å². The molecule has 3 N–H and O–H groups in total. The van der Waals surface area contributed by atoms with Gasteiger partial charge in [-0.1, -0.05) is 23.2 Å². The number of hydrogen-bond donors (Lipinski definition) is 2. The highest BCUT2D eigenvalue weighted by atomic mass is 35.5. The number of nitrogens with one attached hydrogen (secondary N) is 1. The van der Waals surface area contributed by atoms with E-state index >= 15 is 0 Å². The first-order valence-corrected chi connectivity index (χ1v) is 6.25. The van der Waals surface area contributed by atoms with Gasteiger partial charge in [-0.15, -0.1) is 0 Å². The lowest BCUT2D eigenvalue weighted by molar-refractivity contribution is 0.0996. The number of pyridine rings is 1. The van der Waals surface area contributed by atoms with Gasteiger partial charge in [0.05, 0.1) is 21.2 Å². The fourth-order valence-electron chi connectivity index (χ4n) is 1.55. The molecule has 20 heavy (non-hydrogen) atoms. The van der Waals surface area contributed by atoms with Crippen molar-refractivity contribution in [3.05, 3.63) is 57.8 Å². The summed E-state index contributed by atoms with van der Waals surface area (Å²) in [5, 5.41) is 3.05.